The predicted molar refractivity (Wildman–Crippen MR) is 157 cm³/mol. The van der Waals surface area contributed by atoms with Gasteiger partial charge >= 0.3 is 6.09 Å². The highest BCUT2D eigenvalue weighted by molar-refractivity contribution is 6.30. The van der Waals surface area contributed by atoms with Gasteiger partial charge in [-0.3, -0.25) is 4.79 Å². The van der Waals surface area contributed by atoms with E-state index in [9.17, 15) is 14.0 Å². The van der Waals surface area contributed by atoms with Crippen molar-refractivity contribution in [2.45, 2.75) is 83.3 Å². The van der Waals surface area contributed by atoms with E-state index in [0.29, 0.717) is 24.5 Å². The van der Waals surface area contributed by atoms with Crippen molar-refractivity contribution in [2.24, 2.45) is 0 Å². The number of carbonyl (C=O) groups excluding carboxylic acids is 2. The quantitative estimate of drug-likeness (QED) is 0.381. The van der Waals surface area contributed by atoms with Crippen LogP contribution in [0, 0.1) is 5.82 Å². The van der Waals surface area contributed by atoms with Gasteiger partial charge in [0.25, 0.3) is 0 Å². The Hall–Kier alpha value is -2.64. The van der Waals surface area contributed by atoms with Gasteiger partial charge in [0.1, 0.15) is 17.5 Å². The van der Waals surface area contributed by atoms with Crippen LogP contribution in [0.4, 0.5) is 9.18 Å². The van der Waals surface area contributed by atoms with Crippen LogP contribution in [0.3, 0.4) is 0 Å². The normalized spacial score (nSPS) is 17.6. The summed E-state index contributed by atoms with van der Waals surface area (Å²) in [6.07, 6.45) is 5.77. The van der Waals surface area contributed by atoms with Crippen molar-refractivity contribution in [3.8, 4) is 0 Å². The van der Waals surface area contributed by atoms with Crippen LogP contribution in [0.1, 0.15) is 75.5 Å². The lowest BCUT2D eigenvalue weighted by atomic mass is 9.85. The van der Waals surface area contributed by atoms with Gasteiger partial charge in [-0.15, -0.1) is 0 Å². The molecule has 8 heteroatoms. The van der Waals surface area contributed by atoms with E-state index in [2.05, 4.69) is 10.2 Å². The van der Waals surface area contributed by atoms with Gasteiger partial charge in [-0.1, -0.05) is 29.8 Å². The first kappa shape index (κ1) is 30.3. The predicted octanol–water partition coefficient (Wildman–Crippen LogP) is 6.35. The number of amides is 2. The number of alkyl carbamates (subject to hydrolysis) is 1. The molecule has 2 saturated heterocycles. The Morgan fingerprint density at radius 1 is 1.05 bits per heavy atom. The van der Waals surface area contributed by atoms with Gasteiger partial charge in [-0.25, -0.2) is 9.18 Å². The number of rotatable bonds is 9. The molecule has 2 fully saturated rings. The zero-order valence-corrected chi connectivity index (χ0v) is 24.8. The van der Waals surface area contributed by atoms with Crippen LogP contribution in [0.2, 0.25) is 5.02 Å². The van der Waals surface area contributed by atoms with Crippen LogP contribution in [0.25, 0.3) is 0 Å². The van der Waals surface area contributed by atoms with Gasteiger partial charge in [0.2, 0.25) is 5.91 Å². The lowest BCUT2D eigenvalue weighted by Crippen LogP contribution is -2.52. The second kappa shape index (κ2) is 13.8. The molecular weight excluding hydrogens is 529 g/mol. The van der Waals surface area contributed by atoms with E-state index in [-0.39, 0.29) is 17.6 Å². The number of nitrogens with zero attached hydrogens (tertiary/aromatic N) is 2. The van der Waals surface area contributed by atoms with Gasteiger partial charge in [0.15, 0.2) is 0 Å². The molecule has 6 nitrogen and oxygen atoms in total. The fraction of sp³-hybridized carbons (Fsp3) is 0.562. The second-order valence-corrected chi connectivity index (χ2v) is 12.6. The van der Waals surface area contributed by atoms with Crippen LogP contribution in [0.15, 0.2) is 42.5 Å². The van der Waals surface area contributed by atoms with Gasteiger partial charge < -0.3 is 19.9 Å². The van der Waals surface area contributed by atoms with Crippen LogP contribution in [-0.4, -0.2) is 66.2 Å². The Morgan fingerprint density at radius 3 is 2.38 bits per heavy atom. The standard InChI is InChI=1S/C32H43ClFN3O3/c1-32(2,3)40-31(39)35-29(21-23-8-10-26(33)11-9-23)30(38)37-19-14-24(15-20-37)28-13-12-27(34)22-25(28)7-6-18-36-16-4-5-17-36/h8-13,22,24,29H,4-7,14-21H2,1-3H3,(H,35,39)/t29-/m1/s1. The number of aryl methyl sites for hydroxylation is 1. The lowest BCUT2D eigenvalue weighted by molar-refractivity contribution is -0.134. The van der Waals surface area contributed by atoms with Gasteiger partial charge in [0, 0.05) is 24.5 Å². The lowest BCUT2D eigenvalue weighted by Gasteiger charge is -2.35. The van der Waals surface area contributed by atoms with Crippen molar-refractivity contribution in [1.82, 2.24) is 15.1 Å². The maximum atomic E-state index is 14.2. The fourth-order valence-corrected chi connectivity index (χ4v) is 5.95. The molecule has 0 bridgehead atoms. The molecule has 218 valence electrons. The average molecular weight is 572 g/mol. The molecule has 40 heavy (non-hydrogen) atoms. The van der Waals surface area contributed by atoms with E-state index in [1.165, 1.54) is 31.5 Å². The van der Waals surface area contributed by atoms with Crippen LogP contribution in [0.5, 0.6) is 0 Å². The van der Waals surface area contributed by atoms with Crippen LogP contribution < -0.4 is 5.32 Å². The molecule has 0 radical (unpaired) electrons. The molecule has 2 amide bonds. The summed E-state index contributed by atoms with van der Waals surface area (Å²) in [5.74, 6) is -0.0324. The number of likely N-dealkylation sites (tertiary alicyclic amines) is 2. The number of ether oxygens (including phenoxy) is 1. The monoisotopic (exact) mass is 571 g/mol. The Morgan fingerprint density at radius 2 is 1.73 bits per heavy atom. The van der Waals surface area contributed by atoms with E-state index < -0.39 is 17.7 Å². The fourth-order valence-electron chi connectivity index (χ4n) is 5.83. The van der Waals surface area contributed by atoms with Gasteiger partial charge in [-0.2, -0.15) is 0 Å². The minimum absolute atomic E-state index is 0.121. The molecule has 2 aliphatic rings. The summed E-state index contributed by atoms with van der Waals surface area (Å²) in [6, 6.07) is 11.7. The van der Waals surface area contributed by atoms with Crippen molar-refractivity contribution < 1.29 is 18.7 Å². The number of piperidine rings is 1. The van der Waals surface area contributed by atoms with Crippen LogP contribution >= 0.6 is 11.6 Å². The summed E-state index contributed by atoms with van der Waals surface area (Å²) in [6.45, 7) is 9.95. The molecule has 0 aliphatic carbocycles. The summed E-state index contributed by atoms with van der Waals surface area (Å²) in [5, 5.41) is 3.42. The molecular formula is C32H43ClFN3O3. The first-order valence-corrected chi connectivity index (χ1v) is 15.0. The van der Waals surface area contributed by atoms with Crippen molar-refractivity contribution in [1.29, 1.82) is 0 Å². The van der Waals surface area contributed by atoms with E-state index in [1.54, 1.807) is 45.0 Å². The number of nitrogens with one attached hydrogen (secondary N) is 1. The summed E-state index contributed by atoms with van der Waals surface area (Å²) in [4.78, 5) is 30.6. The Bertz CT molecular complexity index is 1140. The summed E-state index contributed by atoms with van der Waals surface area (Å²) in [7, 11) is 0. The summed E-state index contributed by atoms with van der Waals surface area (Å²) >= 11 is 6.04. The minimum Gasteiger partial charge on any atom is -0.444 e. The number of benzene rings is 2. The molecule has 0 unspecified atom stereocenters. The highest BCUT2D eigenvalue weighted by Crippen LogP contribution is 2.32. The van der Waals surface area contributed by atoms with Crippen molar-refractivity contribution in [3.05, 3.63) is 70.0 Å². The average Bonchev–Trinajstić information content (AvgIpc) is 3.42. The van der Waals surface area contributed by atoms with Gasteiger partial charge in [-0.05, 0) is 126 Å². The molecule has 0 aromatic heterocycles. The number of hydrogen-bond acceptors (Lipinski definition) is 4. The zero-order valence-electron chi connectivity index (χ0n) is 24.1. The number of halogens is 2. The van der Waals surface area contributed by atoms with E-state index in [1.807, 2.05) is 23.1 Å². The molecule has 2 heterocycles. The van der Waals surface area contributed by atoms with Crippen molar-refractivity contribution in [2.75, 3.05) is 32.7 Å². The Balaban J connectivity index is 1.39. The Labute approximate surface area is 243 Å². The van der Waals surface area contributed by atoms with E-state index in [0.717, 1.165) is 43.4 Å². The first-order valence-electron chi connectivity index (χ1n) is 14.6. The third-order valence-electron chi connectivity index (χ3n) is 7.81. The molecule has 0 spiro atoms. The number of carbonyl (C=O) groups is 2. The summed E-state index contributed by atoms with van der Waals surface area (Å²) < 4.78 is 19.6. The molecule has 1 atom stereocenters. The zero-order chi connectivity index (χ0) is 28.7. The SMILES string of the molecule is CC(C)(C)OC(=O)N[C@H](Cc1ccc(Cl)cc1)C(=O)N1CCC(c2ccc(F)cc2CCCN2CCCC2)CC1. The van der Waals surface area contributed by atoms with E-state index in [4.69, 9.17) is 16.3 Å². The Kier molecular flexibility index (Phi) is 10.5. The molecule has 0 saturated carbocycles. The molecule has 4 rings (SSSR count). The van der Waals surface area contributed by atoms with Crippen LogP contribution in [-0.2, 0) is 22.4 Å². The summed E-state index contributed by atoms with van der Waals surface area (Å²) in [5.41, 5.74) is 2.53. The smallest absolute Gasteiger partial charge is 0.408 e. The minimum atomic E-state index is -0.750. The molecule has 2 aliphatic heterocycles. The van der Waals surface area contributed by atoms with Crippen molar-refractivity contribution in [3.63, 3.8) is 0 Å². The third kappa shape index (κ3) is 8.93. The maximum Gasteiger partial charge on any atom is 0.408 e. The maximum absolute atomic E-state index is 14.2. The second-order valence-electron chi connectivity index (χ2n) is 12.1. The molecule has 2 aromatic carbocycles. The topological polar surface area (TPSA) is 61.9 Å². The highest BCUT2D eigenvalue weighted by atomic mass is 35.5. The largest absolute Gasteiger partial charge is 0.444 e. The molecule has 2 aromatic rings. The van der Waals surface area contributed by atoms with Crippen molar-refractivity contribution >= 4 is 23.6 Å². The number of hydrogen-bond donors (Lipinski definition) is 1. The highest BCUT2D eigenvalue weighted by Gasteiger charge is 2.32. The third-order valence-corrected chi connectivity index (χ3v) is 8.06. The molecule has 1 N–H and O–H groups in total. The van der Waals surface area contributed by atoms with E-state index >= 15 is 0 Å². The van der Waals surface area contributed by atoms with Gasteiger partial charge in [0.05, 0.1) is 0 Å². The first-order chi connectivity index (χ1) is 19.1.